The standard InChI is InChI=1S/C16H13BrFNOS/c1-2-9-21-15-6-4-3-5-14(15)19-16(20)12-8-7-11(17)10-13(12)18/h2-8,10H,1,9H2,(H,19,20). The molecule has 0 saturated heterocycles. The van der Waals surface area contributed by atoms with Gasteiger partial charge in [0.1, 0.15) is 5.82 Å². The van der Waals surface area contributed by atoms with Crippen LogP contribution >= 0.6 is 27.7 Å². The van der Waals surface area contributed by atoms with Crippen LogP contribution in [0.4, 0.5) is 10.1 Å². The third-order valence-electron chi connectivity index (χ3n) is 2.67. The topological polar surface area (TPSA) is 29.1 Å². The van der Waals surface area contributed by atoms with Gasteiger partial charge in [0.2, 0.25) is 0 Å². The highest BCUT2D eigenvalue weighted by atomic mass is 79.9. The lowest BCUT2D eigenvalue weighted by atomic mass is 10.2. The normalized spacial score (nSPS) is 10.2. The fraction of sp³-hybridized carbons (Fsp3) is 0.0625. The van der Waals surface area contributed by atoms with Gasteiger partial charge < -0.3 is 5.32 Å². The fourth-order valence-electron chi connectivity index (χ4n) is 1.71. The molecule has 108 valence electrons. The molecule has 1 N–H and O–H groups in total. The third kappa shape index (κ3) is 4.19. The zero-order valence-corrected chi connectivity index (χ0v) is 13.5. The molecule has 2 nitrogen and oxygen atoms in total. The van der Waals surface area contributed by atoms with Gasteiger partial charge in [-0.05, 0) is 30.3 Å². The molecule has 0 heterocycles. The van der Waals surface area contributed by atoms with Gasteiger partial charge in [0.25, 0.3) is 5.91 Å². The highest BCUT2D eigenvalue weighted by Crippen LogP contribution is 2.27. The van der Waals surface area contributed by atoms with Gasteiger partial charge in [0.15, 0.2) is 0 Å². The molecule has 0 aromatic heterocycles. The van der Waals surface area contributed by atoms with Crippen LogP contribution in [-0.4, -0.2) is 11.7 Å². The molecular formula is C16H13BrFNOS. The first kappa shape index (κ1) is 15.8. The average Bonchev–Trinajstić information content (AvgIpc) is 2.46. The number of benzene rings is 2. The summed E-state index contributed by atoms with van der Waals surface area (Å²) in [7, 11) is 0. The van der Waals surface area contributed by atoms with Gasteiger partial charge in [0, 0.05) is 15.1 Å². The number of para-hydroxylation sites is 1. The van der Waals surface area contributed by atoms with Crippen molar-refractivity contribution < 1.29 is 9.18 Å². The number of thioether (sulfide) groups is 1. The summed E-state index contributed by atoms with van der Waals surface area (Å²) in [6.45, 7) is 3.67. The highest BCUT2D eigenvalue weighted by Gasteiger charge is 2.13. The lowest BCUT2D eigenvalue weighted by Crippen LogP contribution is -2.14. The molecule has 0 fully saturated rings. The minimum atomic E-state index is -0.557. The van der Waals surface area contributed by atoms with Crippen molar-refractivity contribution >= 4 is 39.3 Å². The molecule has 0 radical (unpaired) electrons. The van der Waals surface area contributed by atoms with Crippen LogP contribution in [0.2, 0.25) is 0 Å². The number of halogens is 2. The number of anilines is 1. The van der Waals surface area contributed by atoms with Crippen molar-refractivity contribution in [3.63, 3.8) is 0 Å². The Morgan fingerprint density at radius 1 is 1.33 bits per heavy atom. The number of carbonyl (C=O) groups excluding carboxylic acids is 1. The van der Waals surface area contributed by atoms with E-state index in [1.807, 2.05) is 18.2 Å². The summed E-state index contributed by atoms with van der Waals surface area (Å²) in [4.78, 5) is 13.1. The Morgan fingerprint density at radius 2 is 2.10 bits per heavy atom. The second kappa shape index (κ2) is 7.43. The first-order valence-corrected chi connectivity index (χ1v) is 7.99. The average molecular weight is 366 g/mol. The summed E-state index contributed by atoms with van der Waals surface area (Å²) in [6, 6.07) is 11.8. The van der Waals surface area contributed by atoms with E-state index in [2.05, 4.69) is 27.8 Å². The van der Waals surface area contributed by atoms with Gasteiger partial charge in [-0.2, -0.15) is 0 Å². The van der Waals surface area contributed by atoms with Crippen LogP contribution in [0.25, 0.3) is 0 Å². The minimum absolute atomic E-state index is 0.0155. The molecule has 0 bridgehead atoms. The first-order valence-electron chi connectivity index (χ1n) is 6.21. The van der Waals surface area contributed by atoms with E-state index in [0.29, 0.717) is 10.2 Å². The largest absolute Gasteiger partial charge is 0.321 e. The van der Waals surface area contributed by atoms with Crippen LogP contribution < -0.4 is 5.32 Å². The van der Waals surface area contributed by atoms with E-state index in [4.69, 9.17) is 0 Å². The second-order valence-electron chi connectivity index (χ2n) is 4.17. The summed E-state index contributed by atoms with van der Waals surface area (Å²) < 4.78 is 14.4. The van der Waals surface area contributed by atoms with Crippen molar-refractivity contribution in [2.45, 2.75) is 4.90 Å². The van der Waals surface area contributed by atoms with Gasteiger partial charge in [-0.3, -0.25) is 4.79 Å². The lowest BCUT2D eigenvalue weighted by molar-refractivity contribution is 0.102. The summed E-state index contributed by atoms with van der Waals surface area (Å²) >= 11 is 4.72. The SMILES string of the molecule is C=CCSc1ccccc1NC(=O)c1ccc(Br)cc1F. The summed E-state index contributed by atoms with van der Waals surface area (Å²) in [6.07, 6.45) is 1.79. The predicted molar refractivity (Wildman–Crippen MR) is 89.4 cm³/mol. The van der Waals surface area contributed by atoms with Crippen molar-refractivity contribution in [1.29, 1.82) is 0 Å². The summed E-state index contributed by atoms with van der Waals surface area (Å²) in [5, 5.41) is 2.75. The van der Waals surface area contributed by atoms with E-state index < -0.39 is 11.7 Å². The van der Waals surface area contributed by atoms with Gasteiger partial charge in [0.05, 0.1) is 11.3 Å². The molecule has 5 heteroatoms. The number of amides is 1. The molecule has 2 aromatic rings. The van der Waals surface area contributed by atoms with Crippen LogP contribution in [0.5, 0.6) is 0 Å². The Hall–Kier alpha value is -1.59. The first-order chi connectivity index (χ1) is 10.1. The third-order valence-corrected chi connectivity index (χ3v) is 4.23. The molecule has 0 unspecified atom stereocenters. The molecule has 0 aliphatic carbocycles. The fourth-order valence-corrected chi connectivity index (χ4v) is 2.79. The van der Waals surface area contributed by atoms with E-state index >= 15 is 0 Å². The van der Waals surface area contributed by atoms with Crippen LogP contribution in [-0.2, 0) is 0 Å². The molecule has 2 rings (SSSR count). The van der Waals surface area contributed by atoms with Gasteiger partial charge in [-0.25, -0.2) is 4.39 Å². The van der Waals surface area contributed by atoms with E-state index in [0.717, 1.165) is 10.6 Å². The van der Waals surface area contributed by atoms with Gasteiger partial charge in [-0.1, -0.05) is 34.1 Å². The van der Waals surface area contributed by atoms with E-state index in [9.17, 15) is 9.18 Å². The molecule has 0 saturated carbocycles. The van der Waals surface area contributed by atoms with Gasteiger partial charge >= 0.3 is 0 Å². The number of nitrogens with one attached hydrogen (secondary N) is 1. The van der Waals surface area contributed by atoms with Crippen molar-refractivity contribution in [1.82, 2.24) is 0 Å². The quantitative estimate of drug-likeness (QED) is 0.588. The van der Waals surface area contributed by atoms with Crippen LogP contribution in [0, 0.1) is 5.82 Å². The van der Waals surface area contributed by atoms with Crippen LogP contribution in [0.3, 0.4) is 0 Å². The van der Waals surface area contributed by atoms with E-state index in [1.54, 1.807) is 30.0 Å². The van der Waals surface area contributed by atoms with E-state index in [1.165, 1.54) is 12.1 Å². The molecule has 0 aliphatic heterocycles. The van der Waals surface area contributed by atoms with Crippen molar-refractivity contribution in [2.75, 3.05) is 11.1 Å². The smallest absolute Gasteiger partial charge is 0.258 e. The molecular weight excluding hydrogens is 353 g/mol. The van der Waals surface area contributed by atoms with Crippen molar-refractivity contribution in [2.24, 2.45) is 0 Å². The summed E-state index contributed by atoms with van der Waals surface area (Å²) in [5.41, 5.74) is 0.679. The zero-order chi connectivity index (χ0) is 15.2. The summed E-state index contributed by atoms with van der Waals surface area (Å²) in [5.74, 6) is -0.288. The number of carbonyl (C=O) groups is 1. The maximum atomic E-state index is 13.8. The van der Waals surface area contributed by atoms with E-state index in [-0.39, 0.29) is 5.56 Å². The van der Waals surface area contributed by atoms with Crippen molar-refractivity contribution in [3.05, 3.63) is 71.0 Å². The molecule has 1 amide bonds. The molecule has 0 aliphatic rings. The molecule has 0 atom stereocenters. The van der Waals surface area contributed by atoms with Crippen molar-refractivity contribution in [3.8, 4) is 0 Å². The maximum Gasteiger partial charge on any atom is 0.258 e. The van der Waals surface area contributed by atoms with Crippen LogP contribution in [0.15, 0.2) is 64.5 Å². The zero-order valence-electron chi connectivity index (χ0n) is 11.1. The van der Waals surface area contributed by atoms with Crippen LogP contribution in [0.1, 0.15) is 10.4 Å². The highest BCUT2D eigenvalue weighted by molar-refractivity contribution is 9.10. The Labute approximate surface area is 135 Å². The number of hydrogen-bond acceptors (Lipinski definition) is 2. The lowest BCUT2D eigenvalue weighted by Gasteiger charge is -2.10. The Bertz CT molecular complexity index is 675. The minimum Gasteiger partial charge on any atom is -0.321 e. The molecule has 21 heavy (non-hydrogen) atoms. The predicted octanol–water partition coefficient (Wildman–Crippen LogP) is 5.12. The Morgan fingerprint density at radius 3 is 2.81 bits per heavy atom. The number of rotatable bonds is 5. The maximum absolute atomic E-state index is 13.8. The monoisotopic (exact) mass is 365 g/mol. The second-order valence-corrected chi connectivity index (χ2v) is 6.15. The molecule has 2 aromatic carbocycles. The number of hydrogen-bond donors (Lipinski definition) is 1. The Balaban J connectivity index is 2.21. The Kier molecular flexibility index (Phi) is 5.59. The van der Waals surface area contributed by atoms with Gasteiger partial charge in [-0.15, -0.1) is 18.3 Å². The molecule has 0 spiro atoms.